The van der Waals surface area contributed by atoms with Crippen LogP contribution >= 0.6 is 0 Å². The monoisotopic (exact) mass is 784 g/mol. The lowest BCUT2D eigenvalue weighted by molar-refractivity contribution is -0.355. The largest absolute Gasteiger partial charge is 0.394 e. The van der Waals surface area contributed by atoms with Gasteiger partial charge in [0, 0.05) is 5.92 Å². The molecule has 3 heterocycles. The Morgan fingerprint density at radius 1 is 0.782 bits per heavy atom. The number of aliphatic hydroxyl groups is 9. The van der Waals surface area contributed by atoms with Crippen molar-refractivity contribution in [2.45, 2.75) is 191 Å². The van der Waals surface area contributed by atoms with Crippen LogP contribution in [0.4, 0.5) is 0 Å². The van der Waals surface area contributed by atoms with E-state index in [-0.39, 0.29) is 45.5 Å². The Morgan fingerprint density at radius 3 is 2.11 bits per heavy atom. The average Bonchev–Trinajstić information content (AvgIpc) is 3.25. The Labute approximate surface area is 324 Å². The van der Waals surface area contributed by atoms with Crippen molar-refractivity contribution in [3.63, 3.8) is 0 Å². The Kier molecular flexibility index (Phi) is 9.71. The van der Waals surface area contributed by atoms with E-state index in [4.69, 9.17) is 23.7 Å². The van der Waals surface area contributed by atoms with Crippen LogP contribution in [0.15, 0.2) is 0 Å². The summed E-state index contributed by atoms with van der Waals surface area (Å²) in [6.45, 7) is 12.8. The lowest BCUT2D eigenvalue weighted by atomic mass is 9.41. The number of ether oxygens (including phenoxy) is 5. The number of rotatable bonds is 8. The summed E-state index contributed by atoms with van der Waals surface area (Å²) in [4.78, 5) is 0. The van der Waals surface area contributed by atoms with E-state index in [1.165, 1.54) is 0 Å². The normalized spacial score (nSPS) is 58.5. The van der Waals surface area contributed by atoms with Gasteiger partial charge >= 0.3 is 0 Å². The van der Waals surface area contributed by atoms with Crippen LogP contribution in [0, 0.1) is 44.8 Å². The molecule has 0 aromatic rings. The molecule has 8 fully saturated rings. The van der Waals surface area contributed by atoms with Gasteiger partial charge in [-0.05, 0) is 117 Å². The van der Waals surface area contributed by atoms with Crippen molar-refractivity contribution in [3.8, 4) is 0 Å². The van der Waals surface area contributed by atoms with Gasteiger partial charge in [-0.25, -0.2) is 0 Å². The number of hydrogen-bond donors (Lipinski definition) is 9. The van der Waals surface area contributed by atoms with Gasteiger partial charge < -0.3 is 69.6 Å². The Bertz CT molecular complexity index is 1470. The second-order valence-corrected chi connectivity index (χ2v) is 21.2. The lowest BCUT2D eigenvalue weighted by Gasteiger charge is -2.65. The molecule has 0 aromatic heterocycles. The molecular weight excluding hydrogens is 716 g/mol. The summed E-state index contributed by atoms with van der Waals surface area (Å²) < 4.78 is 30.9. The van der Waals surface area contributed by atoms with Crippen LogP contribution in [-0.2, 0) is 23.7 Å². The highest BCUT2D eigenvalue weighted by Crippen LogP contribution is 2.89. The van der Waals surface area contributed by atoms with Gasteiger partial charge in [0.2, 0.25) is 0 Å². The summed E-state index contributed by atoms with van der Waals surface area (Å²) in [5.41, 5.74) is -4.71. The fraction of sp³-hybridized carbons (Fsp3) is 1.00. The molecule has 0 aromatic carbocycles. The zero-order valence-corrected chi connectivity index (χ0v) is 33.6. The van der Waals surface area contributed by atoms with Crippen molar-refractivity contribution in [3.05, 3.63) is 0 Å². The maximum Gasteiger partial charge on any atom is 0.187 e. The predicted octanol–water partition coefficient (Wildman–Crippen LogP) is 0.726. The molecule has 2 spiro atoms. The third-order valence-corrected chi connectivity index (χ3v) is 17.7. The van der Waals surface area contributed by atoms with Gasteiger partial charge in [0.1, 0.15) is 36.1 Å². The van der Waals surface area contributed by atoms with Gasteiger partial charge in [-0.15, -0.1) is 0 Å². The average molecular weight is 785 g/mol. The maximum atomic E-state index is 12.4. The second kappa shape index (κ2) is 13.0. The summed E-state index contributed by atoms with van der Waals surface area (Å²) >= 11 is 0. The molecule has 20 unspecified atom stereocenters. The molecule has 3 saturated heterocycles. The smallest absolute Gasteiger partial charge is 0.187 e. The molecule has 9 N–H and O–H groups in total. The molecule has 3 aliphatic heterocycles. The van der Waals surface area contributed by atoms with Gasteiger partial charge in [-0.3, -0.25) is 0 Å². The van der Waals surface area contributed by atoms with Gasteiger partial charge in [0.05, 0.1) is 55.4 Å². The van der Waals surface area contributed by atoms with Crippen molar-refractivity contribution in [1.82, 2.24) is 0 Å². The molecule has 0 radical (unpaired) electrons. The zero-order chi connectivity index (χ0) is 40.1. The SMILES string of the molecule is CC(C)(O)C1CCC(C)(C2C(O)CC3(C)C4CC(O)C5C(C)(C)C(OC6OC(CO)C(O)C(O)C6OC6OCC(O)(CO)C6O)CCC56CC46CCC23C)O1. The Morgan fingerprint density at radius 2 is 1.49 bits per heavy atom. The molecule has 14 nitrogen and oxygen atoms in total. The summed E-state index contributed by atoms with van der Waals surface area (Å²) in [5.74, 6) is -0.0277. The fourth-order valence-electron chi connectivity index (χ4n) is 14.9. The van der Waals surface area contributed by atoms with E-state index in [1.807, 2.05) is 0 Å². The number of hydrogen-bond acceptors (Lipinski definition) is 14. The van der Waals surface area contributed by atoms with E-state index in [0.29, 0.717) is 19.3 Å². The van der Waals surface area contributed by atoms with Crippen molar-refractivity contribution in [2.75, 3.05) is 19.8 Å². The molecular formula is C41H68O14. The highest BCUT2D eigenvalue weighted by Gasteiger charge is 2.85. The van der Waals surface area contributed by atoms with E-state index in [1.54, 1.807) is 13.8 Å². The van der Waals surface area contributed by atoms with Crippen LogP contribution in [0.25, 0.3) is 0 Å². The van der Waals surface area contributed by atoms with Crippen LogP contribution < -0.4 is 0 Å². The van der Waals surface area contributed by atoms with E-state index in [0.717, 1.165) is 38.5 Å². The highest BCUT2D eigenvalue weighted by atomic mass is 16.8. The zero-order valence-electron chi connectivity index (χ0n) is 33.6. The van der Waals surface area contributed by atoms with Crippen molar-refractivity contribution in [2.24, 2.45) is 44.8 Å². The van der Waals surface area contributed by atoms with Gasteiger partial charge in [0.25, 0.3) is 0 Å². The Hall–Kier alpha value is -0.560. The van der Waals surface area contributed by atoms with E-state index >= 15 is 0 Å². The van der Waals surface area contributed by atoms with Gasteiger partial charge in [-0.2, -0.15) is 0 Å². The fourth-order valence-corrected chi connectivity index (χ4v) is 14.9. The third kappa shape index (κ3) is 5.56. The Balaban J connectivity index is 1.04. The van der Waals surface area contributed by atoms with E-state index in [2.05, 4.69) is 34.6 Å². The van der Waals surface area contributed by atoms with Crippen LogP contribution in [0.3, 0.4) is 0 Å². The predicted molar refractivity (Wildman–Crippen MR) is 194 cm³/mol. The first-order valence-corrected chi connectivity index (χ1v) is 20.8. The molecule has 5 aliphatic carbocycles. The summed E-state index contributed by atoms with van der Waals surface area (Å²) in [6, 6.07) is 0. The quantitative estimate of drug-likeness (QED) is 0.155. The standard InChI is InChI=1S/C41H68O14/c1-34(2)24(53-32-28(27(47)26(46)22(16-42)52-32)54-33-31(48)41(50,18-43)19-51-33)9-11-40-17-39(40)13-12-36(5)30(38(7)10-8-25(55-38)35(3,4)49)21(45)15-37(36,6)23(39)14-20(44)29(34)40/h20-33,42-50H,8-19H2,1-7H3. The molecule has 0 amide bonds. The molecule has 8 rings (SSSR count). The lowest BCUT2D eigenvalue weighted by Crippen LogP contribution is -2.65. The molecule has 14 heteroatoms. The molecule has 316 valence electrons. The van der Waals surface area contributed by atoms with Gasteiger partial charge in [0.15, 0.2) is 12.6 Å². The van der Waals surface area contributed by atoms with E-state index in [9.17, 15) is 46.0 Å². The minimum atomic E-state index is -1.98. The van der Waals surface area contributed by atoms with Crippen LogP contribution in [0.5, 0.6) is 0 Å². The minimum absolute atomic E-state index is 0.00376. The first-order chi connectivity index (χ1) is 25.5. The first-order valence-electron chi connectivity index (χ1n) is 20.8. The van der Waals surface area contributed by atoms with E-state index < -0.39 is 103 Å². The van der Waals surface area contributed by atoms with Crippen molar-refractivity contribution in [1.29, 1.82) is 0 Å². The maximum absolute atomic E-state index is 12.4. The second-order valence-electron chi connectivity index (χ2n) is 21.2. The molecule has 0 bridgehead atoms. The number of aliphatic hydroxyl groups excluding tert-OH is 7. The minimum Gasteiger partial charge on any atom is -0.394 e. The van der Waals surface area contributed by atoms with Crippen molar-refractivity contribution >= 4 is 0 Å². The molecule has 5 saturated carbocycles. The van der Waals surface area contributed by atoms with Crippen LogP contribution in [0.2, 0.25) is 0 Å². The third-order valence-electron chi connectivity index (χ3n) is 17.7. The van der Waals surface area contributed by atoms with Crippen LogP contribution in [0.1, 0.15) is 106 Å². The molecule has 55 heavy (non-hydrogen) atoms. The summed E-state index contributed by atoms with van der Waals surface area (Å²) in [5, 5.41) is 98.2. The van der Waals surface area contributed by atoms with Crippen LogP contribution in [-0.4, -0.2) is 150 Å². The molecule has 8 aliphatic rings. The summed E-state index contributed by atoms with van der Waals surface area (Å²) in [6.07, 6.45) is -5.03. The highest BCUT2D eigenvalue weighted by molar-refractivity contribution is 5.33. The molecule has 20 atom stereocenters. The summed E-state index contributed by atoms with van der Waals surface area (Å²) in [7, 11) is 0. The van der Waals surface area contributed by atoms with Gasteiger partial charge in [-0.1, -0.05) is 27.7 Å². The first kappa shape index (κ1) is 41.2. The topological polar surface area (TPSA) is 228 Å². The number of fused-ring (bicyclic) bond motifs is 2. The van der Waals surface area contributed by atoms with Crippen molar-refractivity contribution < 1.29 is 69.6 Å².